The summed E-state index contributed by atoms with van der Waals surface area (Å²) in [5.41, 5.74) is 0. The number of hydrogen-bond donors (Lipinski definition) is 0. The van der Waals surface area contributed by atoms with Crippen LogP contribution < -0.4 is 0 Å². The predicted molar refractivity (Wildman–Crippen MR) is 109 cm³/mol. The quantitative estimate of drug-likeness (QED) is 0.283. The lowest BCUT2D eigenvalue weighted by molar-refractivity contribution is 2.02. The van der Waals surface area contributed by atoms with E-state index in [0.717, 1.165) is 0 Å². The average Bonchev–Trinajstić information content (AvgIpc) is 3.27. The first-order valence-electron chi connectivity index (χ1n) is 6.66. The number of fused-ring (bicyclic) bond motifs is 2. The molecule has 1 aromatic carbocycles. The van der Waals surface area contributed by atoms with Crippen molar-refractivity contribution < 1.29 is 0 Å². The van der Waals surface area contributed by atoms with Crippen LogP contribution in [0.15, 0.2) is 47.2 Å². The Labute approximate surface area is 146 Å². The van der Waals surface area contributed by atoms with E-state index < -0.39 is 0 Å². The highest BCUT2D eigenvalue weighted by atomic mass is 32.1. The molecule has 5 aromatic rings. The van der Waals surface area contributed by atoms with Gasteiger partial charge in [0.2, 0.25) is 0 Å². The summed E-state index contributed by atoms with van der Waals surface area (Å²) in [6.45, 7) is 0. The number of thiophene rings is 2. The monoisotopic (exact) mass is 390 g/mol. The van der Waals surface area contributed by atoms with Gasteiger partial charge in [-0.3, -0.25) is 0 Å². The maximum absolute atomic E-state index is 2.41. The van der Waals surface area contributed by atoms with Crippen molar-refractivity contribution in [2.24, 2.45) is 0 Å². The van der Waals surface area contributed by atoms with Crippen LogP contribution in [0.4, 0.5) is 0 Å². The summed E-state index contributed by atoms with van der Waals surface area (Å²) in [6, 6.07) is 13.6. The van der Waals surface area contributed by atoms with E-state index in [-0.39, 0.29) is 0 Å². The second kappa shape index (κ2) is 5.49. The van der Waals surface area contributed by atoms with Crippen molar-refractivity contribution in [2.75, 3.05) is 0 Å². The third-order valence-corrected chi connectivity index (χ3v) is 11.1. The van der Waals surface area contributed by atoms with Gasteiger partial charge in [0.1, 0.15) is 0 Å². The SMILES string of the molecule is c1csc(-c2pc3cc4sc(-c5cccs5)pc4cc3s2)c1. The Bertz CT molecular complexity index is 934. The molecule has 0 aliphatic rings. The standard InChI is InChI=1S/C16H8P2S4/c1-3-11(19-5-1)15-17-9-7-14-10(8-13(9)21-15)18-16(22-14)12-4-2-6-20-12/h1-8H. The zero-order chi connectivity index (χ0) is 14.5. The Hall–Kier alpha value is -0.600. The lowest BCUT2D eigenvalue weighted by Gasteiger charge is -1.88. The van der Waals surface area contributed by atoms with Gasteiger partial charge < -0.3 is 0 Å². The van der Waals surface area contributed by atoms with Gasteiger partial charge in [-0.2, -0.15) is 0 Å². The second-order valence-corrected chi connectivity index (χ2v) is 11.7. The lowest BCUT2D eigenvalue weighted by atomic mass is 10.4. The Balaban J connectivity index is 1.69. The van der Waals surface area contributed by atoms with E-state index in [1.807, 2.05) is 45.3 Å². The van der Waals surface area contributed by atoms with Crippen LogP contribution >= 0.6 is 61.7 Å². The molecule has 0 saturated carbocycles. The molecule has 0 amide bonds. The van der Waals surface area contributed by atoms with Crippen LogP contribution in [0.3, 0.4) is 0 Å². The molecular weight excluding hydrogens is 382 g/mol. The first-order chi connectivity index (χ1) is 10.9. The van der Waals surface area contributed by atoms with Gasteiger partial charge in [-0.15, -0.1) is 45.3 Å². The van der Waals surface area contributed by atoms with E-state index >= 15 is 0 Å². The van der Waals surface area contributed by atoms with E-state index in [1.165, 1.54) is 55.0 Å². The Morgan fingerprint density at radius 2 is 1.18 bits per heavy atom. The summed E-state index contributed by atoms with van der Waals surface area (Å²) >= 11 is 7.59. The van der Waals surface area contributed by atoms with Crippen molar-refractivity contribution in [3.63, 3.8) is 0 Å². The minimum Gasteiger partial charge on any atom is -0.143 e. The van der Waals surface area contributed by atoms with Crippen LogP contribution in [0.1, 0.15) is 0 Å². The zero-order valence-electron chi connectivity index (χ0n) is 11.1. The fourth-order valence-corrected chi connectivity index (χ4v) is 9.86. The summed E-state index contributed by atoms with van der Waals surface area (Å²) < 4.78 is 5.87. The minimum atomic E-state index is 1.37. The molecule has 0 unspecified atom stereocenters. The fourth-order valence-electron chi connectivity index (χ4n) is 2.36. The van der Waals surface area contributed by atoms with Gasteiger partial charge in [0.15, 0.2) is 0 Å². The van der Waals surface area contributed by atoms with Crippen molar-refractivity contribution in [1.82, 2.24) is 0 Å². The molecule has 0 N–H and O–H groups in total. The molecule has 106 valence electrons. The van der Waals surface area contributed by atoms with Gasteiger partial charge in [0, 0.05) is 29.4 Å². The van der Waals surface area contributed by atoms with E-state index in [0.29, 0.717) is 0 Å². The largest absolute Gasteiger partial charge is 0.143 e. The van der Waals surface area contributed by atoms with Gasteiger partial charge >= 0.3 is 0 Å². The Morgan fingerprint density at radius 1 is 0.682 bits per heavy atom. The van der Waals surface area contributed by atoms with Crippen LogP contribution in [0.2, 0.25) is 0 Å². The number of benzene rings is 1. The maximum atomic E-state index is 2.41. The van der Waals surface area contributed by atoms with Crippen LogP contribution in [0.5, 0.6) is 0 Å². The summed E-state index contributed by atoms with van der Waals surface area (Å²) in [6.07, 6.45) is 0. The molecule has 22 heavy (non-hydrogen) atoms. The van der Waals surface area contributed by atoms with Gasteiger partial charge in [0.05, 0.1) is 9.22 Å². The first-order valence-corrected chi connectivity index (χ1v) is 11.8. The van der Waals surface area contributed by atoms with Gasteiger partial charge in [0.25, 0.3) is 0 Å². The highest BCUT2D eigenvalue weighted by Gasteiger charge is 2.11. The molecule has 0 nitrogen and oxygen atoms in total. The molecule has 0 atom stereocenters. The number of rotatable bonds is 2. The summed E-state index contributed by atoms with van der Waals surface area (Å²) in [5, 5.41) is 7.28. The van der Waals surface area contributed by atoms with Crippen molar-refractivity contribution in [3.8, 4) is 19.0 Å². The molecule has 4 heterocycles. The molecule has 4 aromatic heterocycles. The summed E-state index contributed by atoms with van der Waals surface area (Å²) in [7, 11) is 2.75. The van der Waals surface area contributed by atoms with Crippen molar-refractivity contribution in [3.05, 3.63) is 47.2 Å². The van der Waals surface area contributed by atoms with E-state index in [2.05, 4.69) is 47.2 Å². The van der Waals surface area contributed by atoms with Crippen LogP contribution in [0, 0.1) is 0 Å². The predicted octanol–water partition coefficient (Wildman–Crippen LogP) is 8.73. The maximum Gasteiger partial charge on any atom is 0.0725 e. The second-order valence-electron chi connectivity index (χ2n) is 4.78. The smallest absolute Gasteiger partial charge is 0.0725 e. The summed E-state index contributed by atoms with van der Waals surface area (Å²) in [5.74, 6) is 0. The molecule has 0 saturated heterocycles. The molecule has 0 bridgehead atoms. The van der Waals surface area contributed by atoms with Gasteiger partial charge in [-0.05, 0) is 51.4 Å². The van der Waals surface area contributed by atoms with Crippen molar-refractivity contribution in [2.45, 2.75) is 0 Å². The third-order valence-electron chi connectivity index (χ3n) is 3.36. The van der Waals surface area contributed by atoms with Crippen LogP contribution in [0.25, 0.3) is 38.6 Å². The zero-order valence-corrected chi connectivity index (χ0v) is 16.2. The van der Waals surface area contributed by atoms with E-state index in [9.17, 15) is 0 Å². The fraction of sp³-hybridized carbons (Fsp3) is 0. The first kappa shape index (κ1) is 13.8. The van der Waals surface area contributed by atoms with Gasteiger partial charge in [-0.1, -0.05) is 12.1 Å². The van der Waals surface area contributed by atoms with E-state index in [4.69, 9.17) is 0 Å². The minimum absolute atomic E-state index is 1.37. The van der Waals surface area contributed by atoms with Crippen molar-refractivity contribution >= 4 is 81.4 Å². The normalized spacial score (nSPS) is 12.4. The molecule has 0 radical (unpaired) electrons. The molecule has 0 aliphatic heterocycles. The average molecular weight is 390 g/mol. The topological polar surface area (TPSA) is 0 Å². The molecule has 5 rings (SSSR count). The third kappa shape index (κ3) is 2.30. The molecular formula is C16H8P2S4. The lowest BCUT2D eigenvalue weighted by Crippen LogP contribution is -1.58. The molecule has 0 aliphatic carbocycles. The molecule has 0 fully saturated rings. The Morgan fingerprint density at radius 3 is 1.59 bits per heavy atom. The molecule has 0 spiro atoms. The highest BCUT2D eigenvalue weighted by Crippen LogP contribution is 2.50. The number of hydrogen-bond acceptors (Lipinski definition) is 4. The molecule has 6 heteroatoms. The van der Waals surface area contributed by atoms with E-state index in [1.54, 1.807) is 0 Å². The Kier molecular flexibility index (Phi) is 3.44. The van der Waals surface area contributed by atoms with Crippen LogP contribution in [-0.4, -0.2) is 0 Å². The van der Waals surface area contributed by atoms with Crippen molar-refractivity contribution in [1.29, 1.82) is 0 Å². The summed E-state index contributed by atoms with van der Waals surface area (Å²) in [4.78, 5) is 2.83. The highest BCUT2D eigenvalue weighted by molar-refractivity contribution is 7.57. The van der Waals surface area contributed by atoms with Gasteiger partial charge in [-0.25, -0.2) is 0 Å². The van der Waals surface area contributed by atoms with Crippen LogP contribution in [-0.2, 0) is 0 Å².